The molecule has 0 spiro atoms. The van der Waals surface area contributed by atoms with Gasteiger partial charge in [-0.2, -0.15) is 5.10 Å². The number of pyridine rings is 1. The Labute approximate surface area is 136 Å². The molecule has 23 heavy (non-hydrogen) atoms. The Morgan fingerprint density at radius 1 is 1.09 bits per heavy atom. The highest BCUT2D eigenvalue weighted by atomic mass is 16.2. The number of benzene rings is 1. The second kappa shape index (κ2) is 7.54. The van der Waals surface area contributed by atoms with Gasteiger partial charge in [0, 0.05) is 25.0 Å². The monoisotopic (exact) mass is 308 g/mol. The Morgan fingerprint density at radius 3 is 2.57 bits per heavy atom. The number of anilines is 1. The lowest BCUT2D eigenvalue weighted by Gasteiger charge is -2.28. The van der Waals surface area contributed by atoms with Crippen LogP contribution in [0.3, 0.4) is 0 Å². The first kappa shape index (κ1) is 15.2. The van der Waals surface area contributed by atoms with E-state index in [0.29, 0.717) is 5.69 Å². The summed E-state index contributed by atoms with van der Waals surface area (Å²) in [6, 6.07) is 13.4. The van der Waals surface area contributed by atoms with Gasteiger partial charge < -0.3 is 4.90 Å². The predicted octanol–water partition coefficient (Wildman–Crippen LogP) is 2.84. The maximum atomic E-state index is 11.8. The number of hydrogen-bond donors (Lipinski definition) is 1. The number of hydrazone groups is 1. The predicted molar refractivity (Wildman–Crippen MR) is 91.8 cm³/mol. The van der Waals surface area contributed by atoms with E-state index in [2.05, 4.69) is 32.5 Å². The van der Waals surface area contributed by atoms with Gasteiger partial charge in [-0.1, -0.05) is 18.2 Å². The summed E-state index contributed by atoms with van der Waals surface area (Å²) in [7, 11) is 0. The summed E-state index contributed by atoms with van der Waals surface area (Å²) in [5.74, 6) is -0.313. The van der Waals surface area contributed by atoms with Crippen LogP contribution >= 0.6 is 0 Å². The number of carbonyl (C=O) groups is 1. The van der Waals surface area contributed by atoms with Crippen LogP contribution in [0.25, 0.3) is 0 Å². The maximum Gasteiger partial charge on any atom is 0.289 e. The first-order valence-electron chi connectivity index (χ1n) is 7.92. The summed E-state index contributed by atoms with van der Waals surface area (Å²) < 4.78 is 0. The van der Waals surface area contributed by atoms with Crippen LogP contribution in [0.15, 0.2) is 53.8 Å². The molecule has 2 aromatic rings. The first-order valence-corrected chi connectivity index (χ1v) is 7.92. The van der Waals surface area contributed by atoms with Gasteiger partial charge in [0.15, 0.2) is 0 Å². The molecule has 0 unspecified atom stereocenters. The third kappa shape index (κ3) is 4.16. The number of carbonyl (C=O) groups excluding carboxylic acids is 1. The average Bonchev–Trinajstić information content (AvgIpc) is 2.64. The SMILES string of the molecule is O=C(NN=Cc1ccc(N2CCCCC2)cc1)c1ccccn1. The molecular weight excluding hydrogens is 288 g/mol. The minimum Gasteiger partial charge on any atom is -0.372 e. The lowest BCUT2D eigenvalue weighted by molar-refractivity contribution is 0.0950. The van der Waals surface area contributed by atoms with Crippen LogP contribution in [0.2, 0.25) is 0 Å². The molecule has 1 fully saturated rings. The molecule has 0 radical (unpaired) electrons. The van der Waals surface area contributed by atoms with Crippen molar-refractivity contribution in [2.24, 2.45) is 5.10 Å². The van der Waals surface area contributed by atoms with Crippen LogP contribution in [0.1, 0.15) is 35.3 Å². The van der Waals surface area contributed by atoms with Crippen LogP contribution in [-0.2, 0) is 0 Å². The van der Waals surface area contributed by atoms with Crippen LogP contribution in [0.5, 0.6) is 0 Å². The molecule has 1 amide bonds. The number of nitrogens with zero attached hydrogens (tertiary/aromatic N) is 3. The fraction of sp³-hybridized carbons (Fsp3) is 0.278. The van der Waals surface area contributed by atoms with Crippen molar-refractivity contribution in [3.63, 3.8) is 0 Å². The molecule has 118 valence electrons. The van der Waals surface area contributed by atoms with Crippen molar-refractivity contribution >= 4 is 17.8 Å². The molecule has 0 atom stereocenters. The molecule has 0 bridgehead atoms. The Bertz CT molecular complexity index is 661. The average molecular weight is 308 g/mol. The van der Waals surface area contributed by atoms with E-state index in [4.69, 9.17) is 0 Å². The van der Waals surface area contributed by atoms with Gasteiger partial charge in [0.1, 0.15) is 5.69 Å². The fourth-order valence-electron chi connectivity index (χ4n) is 2.64. The smallest absolute Gasteiger partial charge is 0.289 e. The molecule has 0 saturated carbocycles. The molecule has 0 aliphatic carbocycles. The Kier molecular flexibility index (Phi) is 4.99. The minimum absolute atomic E-state index is 0.313. The van der Waals surface area contributed by atoms with Gasteiger partial charge >= 0.3 is 0 Å². The highest BCUT2D eigenvalue weighted by molar-refractivity contribution is 5.93. The molecule has 1 N–H and O–H groups in total. The van der Waals surface area contributed by atoms with Gasteiger partial charge in [-0.15, -0.1) is 0 Å². The standard InChI is InChI=1S/C18H20N4O/c23-18(17-6-2-3-11-19-17)21-20-14-15-7-9-16(10-8-15)22-12-4-1-5-13-22/h2-3,6-11,14H,1,4-5,12-13H2,(H,21,23). The van der Waals surface area contributed by atoms with Crippen LogP contribution in [0, 0.1) is 0 Å². The van der Waals surface area contributed by atoms with Gasteiger partial charge in [-0.3, -0.25) is 9.78 Å². The van der Waals surface area contributed by atoms with E-state index in [1.54, 1.807) is 30.6 Å². The molecule has 1 saturated heterocycles. The Morgan fingerprint density at radius 2 is 1.87 bits per heavy atom. The molecule has 2 heterocycles. The Balaban J connectivity index is 1.56. The van der Waals surface area contributed by atoms with Crippen molar-refractivity contribution in [3.05, 3.63) is 59.9 Å². The molecule has 1 aliphatic heterocycles. The Hall–Kier alpha value is -2.69. The zero-order chi connectivity index (χ0) is 15.9. The van der Waals surface area contributed by atoms with Crippen molar-refractivity contribution in [2.75, 3.05) is 18.0 Å². The van der Waals surface area contributed by atoms with Gasteiger partial charge in [0.2, 0.25) is 0 Å². The summed E-state index contributed by atoms with van der Waals surface area (Å²) >= 11 is 0. The van der Waals surface area contributed by atoms with Gasteiger partial charge in [-0.25, -0.2) is 5.43 Å². The molecular formula is C18H20N4O. The number of hydrogen-bond acceptors (Lipinski definition) is 4. The van der Waals surface area contributed by atoms with Crippen molar-refractivity contribution in [1.82, 2.24) is 10.4 Å². The molecule has 5 nitrogen and oxygen atoms in total. The fourth-order valence-corrected chi connectivity index (χ4v) is 2.64. The van der Waals surface area contributed by atoms with Crippen LogP contribution in [-0.4, -0.2) is 30.2 Å². The molecule has 1 aromatic carbocycles. The topological polar surface area (TPSA) is 57.6 Å². The summed E-state index contributed by atoms with van der Waals surface area (Å²) in [6.45, 7) is 2.27. The number of amides is 1. The first-order chi connectivity index (χ1) is 11.3. The van der Waals surface area contributed by atoms with Crippen molar-refractivity contribution in [3.8, 4) is 0 Å². The highest BCUT2D eigenvalue weighted by Gasteiger charge is 2.10. The lowest BCUT2D eigenvalue weighted by Crippen LogP contribution is -2.29. The van der Waals surface area contributed by atoms with E-state index in [-0.39, 0.29) is 5.91 Å². The van der Waals surface area contributed by atoms with E-state index in [0.717, 1.165) is 18.7 Å². The quantitative estimate of drug-likeness (QED) is 0.698. The van der Waals surface area contributed by atoms with Crippen LogP contribution in [0.4, 0.5) is 5.69 Å². The summed E-state index contributed by atoms with van der Waals surface area (Å²) in [6.07, 6.45) is 7.08. The summed E-state index contributed by atoms with van der Waals surface area (Å²) in [5.41, 5.74) is 5.04. The van der Waals surface area contributed by atoms with Crippen LogP contribution < -0.4 is 10.3 Å². The molecule has 3 rings (SSSR count). The summed E-state index contributed by atoms with van der Waals surface area (Å²) in [5, 5.41) is 3.98. The molecule has 1 aromatic heterocycles. The zero-order valence-electron chi connectivity index (χ0n) is 13.0. The third-order valence-electron chi connectivity index (χ3n) is 3.89. The molecule has 5 heteroatoms. The number of piperidine rings is 1. The summed E-state index contributed by atoms with van der Waals surface area (Å²) in [4.78, 5) is 18.2. The van der Waals surface area contributed by atoms with E-state index in [1.807, 2.05) is 12.1 Å². The van der Waals surface area contributed by atoms with Crippen molar-refractivity contribution < 1.29 is 4.79 Å². The van der Waals surface area contributed by atoms with Gasteiger partial charge in [-0.05, 0) is 49.1 Å². The zero-order valence-corrected chi connectivity index (χ0v) is 13.0. The van der Waals surface area contributed by atoms with Gasteiger partial charge in [0.05, 0.1) is 6.21 Å². The number of nitrogens with one attached hydrogen (secondary N) is 1. The highest BCUT2D eigenvalue weighted by Crippen LogP contribution is 2.19. The van der Waals surface area contributed by atoms with Crippen molar-refractivity contribution in [2.45, 2.75) is 19.3 Å². The third-order valence-corrected chi connectivity index (χ3v) is 3.89. The van der Waals surface area contributed by atoms with Crippen molar-refractivity contribution in [1.29, 1.82) is 0 Å². The van der Waals surface area contributed by atoms with E-state index < -0.39 is 0 Å². The molecule has 1 aliphatic rings. The maximum absolute atomic E-state index is 11.8. The number of rotatable bonds is 4. The van der Waals surface area contributed by atoms with E-state index >= 15 is 0 Å². The lowest BCUT2D eigenvalue weighted by atomic mass is 10.1. The van der Waals surface area contributed by atoms with E-state index in [1.165, 1.54) is 24.9 Å². The van der Waals surface area contributed by atoms with Gasteiger partial charge in [0.25, 0.3) is 5.91 Å². The minimum atomic E-state index is -0.313. The second-order valence-electron chi connectivity index (χ2n) is 5.55. The second-order valence-corrected chi connectivity index (χ2v) is 5.55. The normalized spacial score (nSPS) is 14.9. The largest absolute Gasteiger partial charge is 0.372 e. The van der Waals surface area contributed by atoms with E-state index in [9.17, 15) is 4.79 Å². The number of aromatic nitrogens is 1.